The van der Waals surface area contributed by atoms with Crippen LogP contribution in [-0.4, -0.2) is 31.9 Å². The SMILES string of the molecule is Cl.FC(F)(F)C1CNCCN1. The topological polar surface area (TPSA) is 24.1 Å². The summed E-state index contributed by atoms with van der Waals surface area (Å²) in [7, 11) is 0. The summed E-state index contributed by atoms with van der Waals surface area (Å²) >= 11 is 0. The van der Waals surface area contributed by atoms with Crippen molar-refractivity contribution in [1.29, 1.82) is 0 Å². The van der Waals surface area contributed by atoms with Crippen molar-refractivity contribution in [1.82, 2.24) is 10.6 Å². The molecule has 6 heteroatoms. The van der Waals surface area contributed by atoms with Gasteiger partial charge >= 0.3 is 6.18 Å². The highest BCUT2D eigenvalue weighted by molar-refractivity contribution is 5.85. The van der Waals surface area contributed by atoms with Gasteiger partial charge in [0.2, 0.25) is 0 Å². The highest BCUT2D eigenvalue weighted by Crippen LogP contribution is 2.19. The number of nitrogens with one attached hydrogen (secondary N) is 2. The number of hydrogen-bond donors (Lipinski definition) is 2. The van der Waals surface area contributed by atoms with E-state index in [1.807, 2.05) is 0 Å². The van der Waals surface area contributed by atoms with E-state index in [0.717, 1.165) is 0 Å². The lowest BCUT2D eigenvalue weighted by Gasteiger charge is -2.26. The van der Waals surface area contributed by atoms with E-state index in [4.69, 9.17) is 0 Å². The quantitative estimate of drug-likeness (QED) is 0.583. The number of alkyl halides is 3. The molecule has 0 amide bonds. The minimum atomic E-state index is -4.10. The van der Waals surface area contributed by atoms with Crippen LogP contribution >= 0.6 is 12.4 Å². The maximum absolute atomic E-state index is 11.8. The van der Waals surface area contributed by atoms with Gasteiger partial charge in [0.1, 0.15) is 6.04 Å². The zero-order chi connectivity index (χ0) is 7.61. The van der Waals surface area contributed by atoms with E-state index in [9.17, 15) is 13.2 Å². The fraction of sp³-hybridized carbons (Fsp3) is 1.00. The average molecular weight is 191 g/mol. The van der Waals surface area contributed by atoms with Gasteiger partial charge in [-0.05, 0) is 0 Å². The first kappa shape index (κ1) is 11.0. The van der Waals surface area contributed by atoms with Crippen molar-refractivity contribution in [2.75, 3.05) is 19.6 Å². The minimum Gasteiger partial charge on any atom is -0.314 e. The molecule has 0 bridgehead atoms. The van der Waals surface area contributed by atoms with Gasteiger partial charge in [-0.25, -0.2) is 0 Å². The molecule has 0 aromatic heterocycles. The lowest BCUT2D eigenvalue weighted by molar-refractivity contribution is -0.156. The van der Waals surface area contributed by atoms with Crippen LogP contribution in [-0.2, 0) is 0 Å². The second kappa shape index (κ2) is 4.13. The van der Waals surface area contributed by atoms with Crippen molar-refractivity contribution in [3.63, 3.8) is 0 Å². The molecule has 1 heterocycles. The summed E-state index contributed by atoms with van der Waals surface area (Å²) in [5.74, 6) is 0. The Balaban J connectivity index is 0.000001000. The predicted octanol–water partition coefficient (Wildman–Crippen LogP) is 0.532. The fourth-order valence-electron chi connectivity index (χ4n) is 0.885. The largest absolute Gasteiger partial charge is 0.405 e. The van der Waals surface area contributed by atoms with E-state index in [0.29, 0.717) is 13.1 Å². The van der Waals surface area contributed by atoms with Crippen molar-refractivity contribution in [2.24, 2.45) is 0 Å². The summed E-state index contributed by atoms with van der Waals surface area (Å²) in [5.41, 5.74) is 0. The van der Waals surface area contributed by atoms with E-state index >= 15 is 0 Å². The Bertz CT molecular complexity index is 111. The molecule has 1 atom stereocenters. The van der Waals surface area contributed by atoms with Crippen molar-refractivity contribution in [3.8, 4) is 0 Å². The third-order valence-electron chi connectivity index (χ3n) is 1.44. The van der Waals surface area contributed by atoms with Crippen LogP contribution in [0, 0.1) is 0 Å². The molecule has 2 N–H and O–H groups in total. The zero-order valence-corrected chi connectivity index (χ0v) is 6.56. The van der Waals surface area contributed by atoms with Gasteiger partial charge in [0, 0.05) is 19.6 Å². The molecule has 0 spiro atoms. The molecule has 1 rings (SSSR count). The smallest absolute Gasteiger partial charge is 0.314 e. The number of piperazine rings is 1. The summed E-state index contributed by atoms with van der Waals surface area (Å²) in [5, 5.41) is 5.03. The van der Waals surface area contributed by atoms with Crippen molar-refractivity contribution < 1.29 is 13.2 Å². The third-order valence-corrected chi connectivity index (χ3v) is 1.44. The van der Waals surface area contributed by atoms with Crippen molar-refractivity contribution in [3.05, 3.63) is 0 Å². The molecule has 2 nitrogen and oxygen atoms in total. The maximum Gasteiger partial charge on any atom is 0.405 e. The number of rotatable bonds is 0. The Morgan fingerprint density at radius 2 is 1.82 bits per heavy atom. The van der Waals surface area contributed by atoms with E-state index in [-0.39, 0.29) is 19.0 Å². The first-order chi connectivity index (χ1) is 4.61. The molecule has 1 aliphatic heterocycles. The molecule has 0 aromatic carbocycles. The van der Waals surface area contributed by atoms with Gasteiger partial charge in [-0.15, -0.1) is 12.4 Å². The Kier molecular flexibility index (Phi) is 4.13. The van der Waals surface area contributed by atoms with Crippen LogP contribution in [0.3, 0.4) is 0 Å². The molecule has 68 valence electrons. The lowest BCUT2D eigenvalue weighted by atomic mass is 10.2. The second-order valence-corrected chi connectivity index (χ2v) is 2.25. The molecule has 1 saturated heterocycles. The summed E-state index contributed by atoms with van der Waals surface area (Å²) in [6.45, 7) is 1.00. The number of hydrogen-bond acceptors (Lipinski definition) is 2. The van der Waals surface area contributed by atoms with Crippen molar-refractivity contribution >= 4 is 12.4 Å². The first-order valence-electron chi connectivity index (χ1n) is 3.11. The van der Waals surface area contributed by atoms with Gasteiger partial charge < -0.3 is 10.6 Å². The highest BCUT2D eigenvalue weighted by atomic mass is 35.5. The van der Waals surface area contributed by atoms with Crippen LogP contribution in [0.15, 0.2) is 0 Å². The Labute approximate surface area is 68.9 Å². The Morgan fingerprint density at radius 1 is 1.18 bits per heavy atom. The van der Waals surface area contributed by atoms with Crippen LogP contribution in [0.1, 0.15) is 0 Å². The molecule has 0 saturated carbocycles. The Morgan fingerprint density at radius 3 is 2.09 bits per heavy atom. The van der Waals surface area contributed by atoms with E-state index < -0.39 is 12.2 Å². The summed E-state index contributed by atoms with van der Waals surface area (Å²) < 4.78 is 35.5. The summed E-state index contributed by atoms with van der Waals surface area (Å²) in [6, 6.07) is -1.36. The second-order valence-electron chi connectivity index (χ2n) is 2.25. The standard InChI is InChI=1S/C5H9F3N2.ClH/c6-5(7,8)4-3-9-1-2-10-4;/h4,9-10H,1-3H2;1H. The van der Waals surface area contributed by atoms with Gasteiger partial charge in [0.05, 0.1) is 0 Å². The van der Waals surface area contributed by atoms with Gasteiger partial charge in [-0.2, -0.15) is 13.2 Å². The molecule has 0 aromatic rings. The molecular formula is C5H10ClF3N2. The molecule has 11 heavy (non-hydrogen) atoms. The van der Waals surface area contributed by atoms with Gasteiger partial charge in [-0.1, -0.05) is 0 Å². The molecule has 1 fully saturated rings. The van der Waals surface area contributed by atoms with E-state index in [1.165, 1.54) is 0 Å². The molecule has 0 aliphatic carbocycles. The maximum atomic E-state index is 11.8. The zero-order valence-electron chi connectivity index (χ0n) is 5.74. The number of halogens is 4. The monoisotopic (exact) mass is 190 g/mol. The Hall–Kier alpha value is -0.0000000000000000416. The molecular weight excluding hydrogens is 181 g/mol. The van der Waals surface area contributed by atoms with Crippen LogP contribution in [0.2, 0.25) is 0 Å². The van der Waals surface area contributed by atoms with Crippen LogP contribution in [0.5, 0.6) is 0 Å². The molecule has 1 aliphatic rings. The predicted molar refractivity (Wildman–Crippen MR) is 38.0 cm³/mol. The average Bonchev–Trinajstić information content (AvgIpc) is 1.88. The fourth-order valence-corrected chi connectivity index (χ4v) is 0.885. The van der Waals surface area contributed by atoms with Crippen molar-refractivity contribution in [2.45, 2.75) is 12.2 Å². The first-order valence-corrected chi connectivity index (χ1v) is 3.11. The van der Waals surface area contributed by atoms with Gasteiger partial charge in [0.25, 0.3) is 0 Å². The third kappa shape index (κ3) is 3.27. The normalized spacial score (nSPS) is 25.9. The summed E-state index contributed by atoms with van der Waals surface area (Å²) in [4.78, 5) is 0. The van der Waals surface area contributed by atoms with Crippen LogP contribution in [0.4, 0.5) is 13.2 Å². The lowest BCUT2D eigenvalue weighted by Crippen LogP contribution is -2.55. The molecule has 0 radical (unpaired) electrons. The van der Waals surface area contributed by atoms with Crippen LogP contribution in [0.25, 0.3) is 0 Å². The van der Waals surface area contributed by atoms with Crippen LogP contribution < -0.4 is 10.6 Å². The highest BCUT2D eigenvalue weighted by Gasteiger charge is 2.39. The van der Waals surface area contributed by atoms with E-state index in [1.54, 1.807) is 0 Å². The molecule has 1 unspecified atom stereocenters. The van der Waals surface area contributed by atoms with E-state index in [2.05, 4.69) is 10.6 Å². The van der Waals surface area contributed by atoms with Gasteiger partial charge in [-0.3, -0.25) is 0 Å². The summed E-state index contributed by atoms with van der Waals surface area (Å²) in [6.07, 6.45) is -4.10. The van der Waals surface area contributed by atoms with Gasteiger partial charge in [0.15, 0.2) is 0 Å². The minimum absolute atomic E-state index is 0.